The molecule has 1 aliphatic carbocycles. The van der Waals surface area contributed by atoms with Gasteiger partial charge in [0.1, 0.15) is 0 Å². The summed E-state index contributed by atoms with van der Waals surface area (Å²) < 4.78 is 0. The third-order valence-corrected chi connectivity index (χ3v) is 2.85. The van der Waals surface area contributed by atoms with E-state index in [9.17, 15) is 0 Å². The zero-order valence-electron chi connectivity index (χ0n) is 9.90. The molecule has 0 atom stereocenters. The molecule has 16 heavy (non-hydrogen) atoms. The lowest BCUT2D eigenvalue weighted by Gasteiger charge is -2.12. The minimum atomic E-state index is 0.444. The molecule has 0 saturated carbocycles. The maximum absolute atomic E-state index is 4.51. The molecule has 2 rings (SSSR count). The van der Waals surface area contributed by atoms with Crippen molar-refractivity contribution in [2.45, 2.75) is 45.6 Å². The Balaban J connectivity index is 2.09. The van der Waals surface area contributed by atoms with Gasteiger partial charge in [0.25, 0.3) is 0 Å². The number of nitrogens with zero attached hydrogens (tertiary/aromatic N) is 3. The Bertz CT molecular complexity index is 379. The van der Waals surface area contributed by atoms with Gasteiger partial charge in [-0.2, -0.15) is 5.10 Å². The topological polar surface area (TPSA) is 50.7 Å². The third-order valence-electron chi connectivity index (χ3n) is 2.85. The van der Waals surface area contributed by atoms with Crippen molar-refractivity contribution in [1.82, 2.24) is 15.2 Å². The Morgan fingerprint density at radius 1 is 1.12 bits per heavy atom. The summed E-state index contributed by atoms with van der Waals surface area (Å²) in [6.45, 7) is 4.18. The highest BCUT2D eigenvalue weighted by Crippen LogP contribution is 2.14. The highest BCUT2D eigenvalue weighted by atomic mass is 15.2. The third kappa shape index (κ3) is 2.38. The Labute approximate surface area is 96.2 Å². The van der Waals surface area contributed by atoms with Crippen molar-refractivity contribution in [3.05, 3.63) is 23.5 Å². The van der Waals surface area contributed by atoms with E-state index in [4.69, 9.17) is 0 Å². The Hall–Kier alpha value is -1.45. The molecule has 0 radical (unpaired) electrons. The van der Waals surface area contributed by atoms with Gasteiger partial charge < -0.3 is 5.32 Å². The minimum Gasteiger partial charge on any atom is -0.350 e. The maximum Gasteiger partial charge on any atom is 0.243 e. The van der Waals surface area contributed by atoms with Gasteiger partial charge in [0.2, 0.25) is 5.95 Å². The predicted molar refractivity (Wildman–Crippen MR) is 64.4 cm³/mol. The second-order valence-electron chi connectivity index (χ2n) is 4.02. The molecule has 0 aliphatic heterocycles. The molecule has 0 saturated heterocycles. The van der Waals surface area contributed by atoms with E-state index < -0.39 is 0 Å². The highest BCUT2D eigenvalue weighted by Gasteiger charge is 2.12. The van der Waals surface area contributed by atoms with Crippen LogP contribution in [-0.2, 0) is 12.8 Å². The van der Waals surface area contributed by atoms with Crippen molar-refractivity contribution in [1.29, 1.82) is 0 Å². The summed E-state index contributed by atoms with van der Waals surface area (Å²) in [7, 11) is 0. The van der Waals surface area contributed by atoms with Crippen LogP contribution >= 0.6 is 0 Å². The molecule has 0 fully saturated rings. The van der Waals surface area contributed by atoms with E-state index in [0.29, 0.717) is 12.0 Å². The number of rotatable bonds is 4. The maximum atomic E-state index is 4.51. The molecule has 1 aromatic rings. The second kappa shape index (κ2) is 5.05. The average Bonchev–Trinajstić information content (AvgIpc) is 2.81. The molecule has 0 amide bonds. The van der Waals surface area contributed by atoms with E-state index in [0.717, 1.165) is 37.1 Å². The normalized spacial score (nSPS) is 15.6. The summed E-state index contributed by atoms with van der Waals surface area (Å²) in [5, 5.41) is 11.7. The van der Waals surface area contributed by atoms with Gasteiger partial charge in [-0.3, -0.25) is 0 Å². The summed E-state index contributed by atoms with van der Waals surface area (Å²) in [6.07, 6.45) is 8.30. The molecule has 86 valence electrons. The lowest BCUT2D eigenvalue weighted by Crippen LogP contribution is -2.18. The molecule has 1 N–H and O–H groups in total. The van der Waals surface area contributed by atoms with E-state index in [1.807, 2.05) is 0 Å². The van der Waals surface area contributed by atoms with Gasteiger partial charge in [-0.1, -0.05) is 26.0 Å². The summed E-state index contributed by atoms with van der Waals surface area (Å²) in [4.78, 5) is 4.51. The number of nitrogens with one attached hydrogen (secondary N) is 1. The molecule has 0 bridgehead atoms. The van der Waals surface area contributed by atoms with Crippen LogP contribution in [-0.4, -0.2) is 21.2 Å². The number of hydrogen-bond acceptors (Lipinski definition) is 4. The quantitative estimate of drug-likeness (QED) is 0.786. The first-order valence-corrected chi connectivity index (χ1v) is 5.97. The fraction of sp³-hybridized carbons (Fsp3) is 0.583. The Morgan fingerprint density at radius 2 is 1.81 bits per heavy atom. The summed E-state index contributed by atoms with van der Waals surface area (Å²) in [5.74, 6) is 0.669. The molecular formula is C12H18N4. The van der Waals surface area contributed by atoms with Crippen molar-refractivity contribution in [3.8, 4) is 0 Å². The summed E-state index contributed by atoms with van der Waals surface area (Å²) in [5.41, 5.74) is 2.07. The van der Waals surface area contributed by atoms with Gasteiger partial charge in [-0.15, -0.1) is 5.10 Å². The zero-order chi connectivity index (χ0) is 11.4. The molecule has 1 aliphatic rings. The van der Waals surface area contributed by atoms with Crippen LogP contribution in [0, 0.1) is 0 Å². The molecule has 0 aromatic carbocycles. The zero-order valence-corrected chi connectivity index (χ0v) is 9.90. The molecule has 4 nitrogen and oxygen atoms in total. The van der Waals surface area contributed by atoms with Crippen LogP contribution < -0.4 is 5.32 Å². The largest absolute Gasteiger partial charge is 0.350 e. The average molecular weight is 218 g/mol. The van der Waals surface area contributed by atoms with Crippen molar-refractivity contribution < 1.29 is 0 Å². The predicted octanol–water partition coefficient (Wildman–Crippen LogP) is 2.13. The van der Waals surface area contributed by atoms with E-state index in [1.165, 1.54) is 0 Å². The van der Waals surface area contributed by atoms with Crippen molar-refractivity contribution in [2.24, 2.45) is 0 Å². The molecule has 0 spiro atoms. The minimum absolute atomic E-state index is 0.444. The van der Waals surface area contributed by atoms with Gasteiger partial charge in [-0.25, -0.2) is 4.98 Å². The van der Waals surface area contributed by atoms with Gasteiger partial charge in [0.15, 0.2) is 0 Å². The van der Waals surface area contributed by atoms with Crippen LogP contribution in [0.4, 0.5) is 5.95 Å². The molecule has 1 aromatic heterocycles. The number of hydrogen-bond donors (Lipinski definition) is 1. The van der Waals surface area contributed by atoms with Crippen LogP contribution in [0.1, 0.15) is 38.1 Å². The van der Waals surface area contributed by atoms with E-state index in [2.05, 4.69) is 46.5 Å². The number of aromatic nitrogens is 3. The van der Waals surface area contributed by atoms with Crippen molar-refractivity contribution in [3.63, 3.8) is 0 Å². The summed E-state index contributed by atoms with van der Waals surface area (Å²) >= 11 is 0. The van der Waals surface area contributed by atoms with Crippen LogP contribution in [0.2, 0.25) is 0 Å². The van der Waals surface area contributed by atoms with Gasteiger partial charge in [0, 0.05) is 6.04 Å². The smallest absolute Gasteiger partial charge is 0.243 e. The number of anilines is 1. The van der Waals surface area contributed by atoms with Gasteiger partial charge in [-0.05, 0) is 25.7 Å². The molecule has 4 heteroatoms. The fourth-order valence-corrected chi connectivity index (χ4v) is 1.92. The lowest BCUT2D eigenvalue weighted by atomic mass is 10.2. The number of aryl methyl sites for hydroxylation is 2. The summed E-state index contributed by atoms with van der Waals surface area (Å²) in [6, 6.07) is 0.444. The first-order valence-electron chi connectivity index (χ1n) is 5.97. The van der Waals surface area contributed by atoms with E-state index >= 15 is 0 Å². The molecular weight excluding hydrogens is 200 g/mol. The first kappa shape index (κ1) is 11.0. The van der Waals surface area contributed by atoms with Crippen LogP contribution in [0.25, 0.3) is 0 Å². The lowest BCUT2D eigenvalue weighted by molar-refractivity contribution is 0.747. The monoisotopic (exact) mass is 218 g/mol. The van der Waals surface area contributed by atoms with Crippen LogP contribution in [0.5, 0.6) is 0 Å². The standard InChI is InChI=1S/C12H18N4/c1-3-10-11(4-2)15-16-12(14-10)13-9-7-5-6-8-9/h5-6,9H,3-4,7-8H2,1-2H3,(H,13,14,16). The fourth-order valence-electron chi connectivity index (χ4n) is 1.92. The highest BCUT2D eigenvalue weighted by molar-refractivity contribution is 5.28. The second-order valence-corrected chi connectivity index (χ2v) is 4.02. The van der Waals surface area contributed by atoms with Gasteiger partial charge >= 0.3 is 0 Å². The van der Waals surface area contributed by atoms with Crippen molar-refractivity contribution >= 4 is 5.95 Å². The van der Waals surface area contributed by atoms with Gasteiger partial charge in [0.05, 0.1) is 11.4 Å². The van der Waals surface area contributed by atoms with Crippen LogP contribution in [0.15, 0.2) is 12.2 Å². The first-order chi connectivity index (χ1) is 7.83. The SMILES string of the molecule is CCc1nnc(NC2CC=CC2)nc1CC. The Kier molecular flexibility index (Phi) is 3.49. The Morgan fingerprint density at radius 3 is 2.44 bits per heavy atom. The van der Waals surface area contributed by atoms with Crippen LogP contribution in [0.3, 0.4) is 0 Å². The van der Waals surface area contributed by atoms with E-state index in [1.54, 1.807) is 0 Å². The van der Waals surface area contributed by atoms with E-state index in [-0.39, 0.29) is 0 Å². The van der Waals surface area contributed by atoms with Crippen molar-refractivity contribution in [2.75, 3.05) is 5.32 Å². The molecule has 1 heterocycles. The molecule has 0 unspecified atom stereocenters.